The summed E-state index contributed by atoms with van der Waals surface area (Å²) in [6, 6.07) is 0. The Hall–Kier alpha value is -0.240. The Morgan fingerprint density at radius 2 is 0.933 bits per heavy atom. The van der Waals surface area contributed by atoms with E-state index in [4.69, 9.17) is 18.9 Å². The van der Waals surface area contributed by atoms with Gasteiger partial charge in [0.15, 0.2) is 0 Å². The lowest BCUT2D eigenvalue weighted by Crippen LogP contribution is -2.56. The highest BCUT2D eigenvalue weighted by Gasteiger charge is 2.47. The van der Waals surface area contributed by atoms with Crippen LogP contribution in [0.1, 0.15) is 66.2 Å². The minimum Gasteiger partial charge on any atom is -0.393 e. The first-order valence-electron chi connectivity index (χ1n) is 12.3. The van der Waals surface area contributed by atoms with E-state index in [1.165, 1.54) is 0 Å². The highest BCUT2D eigenvalue weighted by Crippen LogP contribution is 2.40. The molecule has 0 aromatic carbocycles. The van der Waals surface area contributed by atoms with Crippen molar-refractivity contribution in [1.82, 2.24) is 0 Å². The molecule has 4 aliphatic heterocycles. The molecule has 0 aromatic heterocycles. The molecule has 0 amide bonds. The van der Waals surface area contributed by atoms with Gasteiger partial charge >= 0.3 is 0 Å². The Labute approximate surface area is 181 Å². The summed E-state index contributed by atoms with van der Waals surface area (Å²) < 4.78 is 25.5. The van der Waals surface area contributed by atoms with Crippen molar-refractivity contribution >= 4 is 0 Å². The molecule has 0 aliphatic carbocycles. The smallest absolute Gasteiger partial charge is 0.0886 e. The summed E-state index contributed by atoms with van der Waals surface area (Å²) in [5.74, 6) is 1.03. The molecule has 0 radical (unpaired) electrons. The third-order valence-corrected chi connectivity index (χ3v) is 8.35. The molecule has 4 aliphatic rings. The fourth-order valence-corrected chi connectivity index (χ4v) is 6.09. The Morgan fingerprint density at radius 1 is 0.533 bits per heavy atom. The predicted molar refractivity (Wildman–Crippen MR) is 113 cm³/mol. The van der Waals surface area contributed by atoms with E-state index in [0.29, 0.717) is 37.9 Å². The Morgan fingerprint density at radius 3 is 1.33 bits per heavy atom. The van der Waals surface area contributed by atoms with Crippen LogP contribution in [-0.4, -0.2) is 72.3 Å². The number of aliphatic hydroxyl groups excluding tert-OH is 2. The molecule has 4 fully saturated rings. The van der Waals surface area contributed by atoms with Gasteiger partial charge in [0.2, 0.25) is 0 Å². The second-order valence-corrected chi connectivity index (χ2v) is 10.5. The maximum absolute atomic E-state index is 10.3. The molecule has 0 saturated carbocycles. The van der Waals surface area contributed by atoms with Crippen molar-refractivity contribution in [3.8, 4) is 0 Å². The molecule has 4 rings (SSSR count). The average Bonchev–Trinajstić information content (AvgIpc) is 2.73. The first-order chi connectivity index (χ1) is 14.4. The molecule has 4 saturated heterocycles. The zero-order valence-electron chi connectivity index (χ0n) is 19.1. The van der Waals surface area contributed by atoms with E-state index < -0.39 is 0 Å². The molecule has 6 heteroatoms. The Bertz CT molecular complexity index is 510. The molecule has 174 valence electrons. The normalized spacial score (nSPS) is 53.4. The number of rotatable bonds is 3. The van der Waals surface area contributed by atoms with Crippen molar-refractivity contribution in [2.45, 2.75) is 115 Å². The highest BCUT2D eigenvalue weighted by atomic mass is 16.6. The SMILES string of the molecule is C[C@H]1CC[C@H]([C@@H]2OCCC(O)[C@@H]2C)O[C@@H]1[C@H]1O[C@@H]([C@@H]2OCCC(O)[C@@H]2C)CC[C@@H]1C. The molecule has 12 atom stereocenters. The third kappa shape index (κ3) is 4.60. The molecular formula is C24H42O6. The molecular weight excluding hydrogens is 384 g/mol. The average molecular weight is 427 g/mol. The van der Waals surface area contributed by atoms with Gasteiger partial charge in [-0.2, -0.15) is 0 Å². The molecule has 6 nitrogen and oxygen atoms in total. The lowest BCUT2D eigenvalue weighted by molar-refractivity contribution is -0.247. The number of ether oxygens (including phenoxy) is 4. The summed E-state index contributed by atoms with van der Waals surface area (Å²) in [4.78, 5) is 0. The van der Waals surface area contributed by atoms with Gasteiger partial charge in [-0.05, 0) is 50.4 Å². The van der Waals surface area contributed by atoms with Crippen LogP contribution in [-0.2, 0) is 18.9 Å². The van der Waals surface area contributed by atoms with Crippen molar-refractivity contribution in [2.75, 3.05) is 13.2 Å². The van der Waals surface area contributed by atoms with Crippen LogP contribution in [0.2, 0.25) is 0 Å². The van der Waals surface area contributed by atoms with Gasteiger partial charge in [-0.25, -0.2) is 0 Å². The minimum absolute atomic E-state index is 0.0130. The Kier molecular flexibility index (Phi) is 7.43. The van der Waals surface area contributed by atoms with Gasteiger partial charge in [-0.3, -0.25) is 0 Å². The third-order valence-electron chi connectivity index (χ3n) is 8.35. The van der Waals surface area contributed by atoms with Crippen molar-refractivity contribution < 1.29 is 29.2 Å². The molecule has 0 aromatic rings. The van der Waals surface area contributed by atoms with Gasteiger partial charge < -0.3 is 29.2 Å². The number of hydrogen-bond acceptors (Lipinski definition) is 6. The van der Waals surface area contributed by atoms with E-state index in [9.17, 15) is 10.2 Å². The fraction of sp³-hybridized carbons (Fsp3) is 1.00. The lowest BCUT2D eigenvalue weighted by Gasteiger charge is -2.49. The Balaban J connectivity index is 1.45. The van der Waals surface area contributed by atoms with Crippen LogP contribution in [0.15, 0.2) is 0 Å². The van der Waals surface area contributed by atoms with Gasteiger partial charge in [-0.15, -0.1) is 0 Å². The number of hydrogen-bond donors (Lipinski definition) is 2. The number of aliphatic hydroxyl groups is 2. The molecule has 2 N–H and O–H groups in total. The topological polar surface area (TPSA) is 77.4 Å². The summed E-state index contributed by atoms with van der Waals surface area (Å²) >= 11 is 0. The van der Waals surface area contributed by atoms with Gasteiger partial charge in [0, 0.05) is 25.0 Å². The zero-order chi connectivity index (χ0) is 21.4. The van der Waals surface area contributed by atoms with Crippen LogP contribution < -0.4 is 0 Å². The van der Waals surface area contributed by atoms with E-state index in [-0.39, 0.29) is 60.7 Å². The van der Waals surface area contributed by atoms with E-state index in [1.807, 2.05) is 0 Å². The van der Waals surface area contributed by atoms with E-state index >= 15 is 0 Å². The first kappa shape index (κ1) is 22.9. The quantitative estimate of drug-likeness (QED) is 0.723. The van der Waals surface area contributed by atoms with Crippen LogP contribution in [0, 0.1) is 23.7 Å². The summed E-state index contributed by atoms with van der Waals surface area (Å²) in [5, 5.41) is 20.6. The zero-order valence-corrected chi connectivity index (χ0v) is 19.1. The highest BCUT2D eigenvalue weighted by molar-refractivity contribution is 4.95. The summed E-state index contributed by atoms with van der Waals surface area (Å²) in [6.45, 7) is 9.90. The monoisotopic (exact) mass is 426 g/mol. The summed E-state index contributed by atoms with van der Waals surface area (Å²) in [6.07, 6.45) is 4.91. The van der Waals surface area contributed by atoms with Crippen LogP contribution >= 0.6 is 0 Å². The van der Waals surface area contributed by atoms with Gasteiger partial charge in [-0.1, -0.05) is 27.7 Å². The second kappa shape index (κ2) is 9.72. The molecule has 2 unspecified atom stereocenters. The lowest BCUT2D eigenvalue weighted by atomic mass is 9.78. The van der Waals surface area contributed by atoms with Crippen molar-refractivity contribution in [2.24, 2.45) is 23.7 Å². The molecule has 4 heterocycles. The predicted octanol–water partition coefficient (Wildman–Crippen LogP) is 2.93. The molecule has 0 bridgehead atoms. The molecule has 30 heavy (non-hydrogen) atoms. The van der Waals surface area contributed by atoms with Crippen molar-refractivity contribution in [3.63, 3.8) is 0 Å². The van der Waals surface area contributed by atoms with Crippen molar-refractivity contribution in [1.29, 1.82) is 0 Å². The van der Waals surface area contributed by atoms with Gasteiger partial charge in [0.05, 0.1) is 48.8 Å². The largest absolute Gasteiger partial charge is 0.393 e. The van der Waals surface area contributed by atoms with Crippen LogP contribution in [0.25, 0.3) is 0 Å². The fourth-order valence-electron chi connectivity index (χ4n) is 6.09. The summed E-state index contributed by atoms with van der Waals surface area (Å²) in [7, 11) is 0. The van der Waals surface area contributed by atoms with Crippen molar-refractivity contribution in [3.05, 3.63) is 0 Å². The minimum atomic E-state index is -0.309. The van der Waals surface area contributed by atoms with E-state index in [1.54, 1.807) is 0 Å². The van der Waals surface area contributed by atoms with Crippen LogP contribution in [0.5, 0.6) is 0 Å². The maximum atomic E-state index is 10.3. The second-order valence-electron chi connectivity index (χ2n) is 10.5. The summed E-state index contributed by atoms with van der Waals surface area (Å²) in [5.41, 5.74) is 0. The van der Waals surface area contributed by atoms with Gasteiger partial charge in [0.25, 0.3) is 0 Å². The standard InChI is InChI=1S/C24H42O6/c1-13-5-7-19(23-15(3)17(25)9-11-27-23)29-21(13)22-14(2)6-8-20(30-22)24-16(4)18(26)10-12-28-24/h13-26H,5-12H2,1-4H3/t13-,14-,15-,16-,17?,18?,19+,20+,21-,22-,23+,24+/m0/s1. The van der Waals surface area contributed by atoms with Crippen LogP contribution in [0.3, 0.4) is 0 Å². The first-order valence-corrected chi connectivity index (χ1v) is 12.3. The van der Waals surface area contributed by atoms with Gasteiger partial charge in [0.1, 0.15) is 0 Å². The molecule has 0 spiro atoms. The van der Waals surface area contributed by atoms with E-state index in [0.717, 1.165) is 25.7 Å². The van der Waals surface area contributed by atoms with Crippen LogP contribution in [0.4, 0.5) is 0 Å². The maximum Gasteiger partial charge on any atom is 0.0886 e. The van der Waals surface area contributed by atoms with E-state index in [2.05, 4.69) is 27.7 Å².